The van der Waals surface area contributed by atoms with Gasteiger partial charge in [-0.05, 0) is 67.0 Å². The third-order valence-corrected chi connectivity index (χ3v) is 4.65. The Kier molecular flexibility index (Phi) is 3.09. The molecule has 0 aliphatic carbocycles. The van der Waals surface area contributed by atoms with Gasteiger partial charge in [-0.15, -0.1) is 0 Å². The van der Waals surface area contributed by atoms with Crippen LogP contribution in [0.1, 0.15) is 5.56 Å². The molecule has 0 amide bonds. The molecule has 0 bridgehead atoms. The van der Waals surface area contributed by atoms with Crippen molar-refractivity contribution in [3.8, 4) is 0 Å². The van der Waals surface area contributed by atoms with Crippen molar-refractivity contribution in [2.24, 2.45) is 0 Å². The molecular weight excluding hydrogens is 355 g/mol. The van der Waals surface area contributed by atoms with Gasteiger partial charge in [-0.2, -0.15) is 0 Å². The van der Waals surface area contributed by atoms with Crippen LogP contribution in [0.15, 0.2) is 34.8 Å². The lowest BCUT2D eigenvalue weighted by Gasteiger charge is -2.04. The summed E-state index contributed by atoms with van der Waals surface area (Å²) >= 11 is 5.85. The van der Waals surface area contributed by atoms with Crippen LogP contribution in [0, 0.1) is 3.57 Å². The van der Waals surface area contributed by atoms with Gasteiger partial charge in [0.05, 0.1) is 6.61 Å². The Hall–Kier alpha value is -0.130. The first-order valence-corrected chi connectivity index (χ1v) is 6.07. The maximum Gasteiger partial charge on any atom is 0.0682 e. The molecule has 0 spiro atoms. The molecule has 0 heterocycles. The van der Waals surface area contributed by atoms with E-state index in [1.807, 2.05) is 18.2 Å². The molecule has 1 nitrogen and oxygen atoms in total. The summed E-state index contributed by atoms with van der Waals surface area (Å²) in [7, 11) is 0. The second kappa shape index (κ2) is 4.16. The predicted molar refractivity (Wildman–Crippen MR) is 70.3 cm³/mol. The Balaban J connectivity index is 2.74. The summed E-state index contributed by atoms with van der Waals surface area (Å²) in [6.45, 7) is 0.0968. The van der Waals surface area contributed by atoms with E-state index in [-0.39, 0.29) is 6.61 Å². The zero-order valence-electron chi connectivity index (χ0n) is 7.30. The molecule has 0 saturated heterocycles. The first kappa shape index (κ1) is 10.4. The van der Waals surface area contributed by atoms with E-state index in [0.717, 1.165) is 15.4 Å². The average molecular weight is 363 g/mol. The van der Waals surface area contributed by atoms with Gasteiger partial charge in [0, 0.05) is 8.04 Å². The molecule has 0 saturated carbocycles. The topological polar surface area (TPSA) is 20.2 Å². The normalized spacial score (nSPS) is 10.8. The summed E-state index contributed by atoms with van der Waals surface area (Å²) in [6, 6.07) is 10.1. The number of aliphatic hydroxyl groups is 1. The van der Waals surface area contributed by atoms with Crippen LogP contribution in [0.3, 0.4) is 0 Å². The molecule has 1 N–H and O–H groups in total. The van der Waals surface area contributed by atoms with Crippen LogP contribution in [0.5, 0.6) is 0 Å². The highest BCUT2D eigenvalue weighted by Crippen LogP contribution is 2.29. The zero-order valence-corrected chi connectivity index (χ0v) is 11.0. The monoisotopic (exact) mass is 362 g/mol. The Labute approximate surface area is 104 Å². The van der Waals surface area contributed by atoms with Crippen molar-refractivity contribution in [1.82, 2.24) is 0 Å². The maximum absolute atomic E-state index is 9.01. The lowest BCUT2D eigenvalue weighted by Crippen LogP contribution is -1.84. The van der Waals surface area contributed by atoms with Gasteiger partial charge >= 0.3 is 0 Å². The minimum Gasteiger partial charge on any atom is -0.392 e. The molecule has 0 atom stereocenters. The molecule has 2 rings (SSSR count). The fourth-order valence-corrected chi connectivity index (χ4v) is 2.38. The van der Waals surface area contributed by atoms with E-state index >= 15 is 0 Å². The largest absolute Gasteiger partial charge is 0.392 e. The van der Waals surface area contributed by atoms with E-state index in [0.29, 0.717) is 0 Å². The first-order chi connectivity index (χ1) is 6.72. The Morgan fingerprint density at radius 1 is 1.21 bits per heavy atom. The van der Waals surface area contributed by atoms with Crippen molar-refractivity contribution < 1.29 is 5.11 Å². The minimum absolute atomic E-state index is 0.0968. The van der Waals surface area contributed by atoms with E-state index in [9.17, 15) is 0 Å². The molecule has 2 aromatic carbocycles. The molecule has 0 unspecified atom stereocenters. The van der Waals surface area contributed by atoms with E-state index < -0.39 is 0 Å². The van der Waals surface area contributed by atoms with Crippen LogP contribution in [0.2, 0.25) is 0 Å². The van der Waals surface area contributed by atoms with Crippen LogP contribution >= 0.6 is 38.5 Å². The second-order valence-electron chi connectivity index (χ2n) is 3.07. The molecule has 2 aromatic rings. The third-order valence-electron chi connectivity index (χ3n) is 2.15. The molecule has 0 aliphatic heterocycles. The van der Waals surface area contributed by atoms with Crippen molar-refractivity contribution in [1.29, 1.82) is 0 Å². The Morgan fingerprint density at radius 2 is 2.00 bits per heavy atom. The lowest BCUT2D eigenvalue weighted by molar-refractivity contribution is 0.282. The highest BCUT2D eigenvalue weighted by molar-refractivity contribution is 14.1. The average Bonchev–Trinajstić information content (AvgIpc) is 2.23. The molecule has 0 aliphatic rings. The molecule has 0 radical (unpaired) electrons. The summed E-state index contributed by atoms with van der Waals surface area (Å²) < 4.78 is 2.33. The van der Waals surface area contributed by atoms with Crippen molar-refractivity contribution in [3.05, 3.63) is 43.9 Å². The number of hydrogen-bond donors (Lipinski definition) is 1. The third kappa shape index (κ3) is 1.81. The molecule has 0 aromatic heterocycles. The van der Waals surface area contributed by atoms with Gasteiger partial charge in [0.1, 0.15) is 0 Å². The standard InChI is InChI=1S/C11H8BrIO/c12-11-9-3-1-7(6-14)5-8(9)2-4-10(11)13/h1-5,14H,6H2. The van der Waals surface area contributed by atoms with Crippen LogP contribution in [-0.2, 0) is 6.61 Å². The van der Waals surface area contributed by atoms with Gasteiger partial charge in [0.15, 0.2) is 0 Å². The highest BCUT2D eigenvalue weighted by atomic mass is 127. The van der Waals surface area contributed by atoms with Crippen molar-refractivity contribution in [2.75, 3.05) is 0 Å². The van der Waals surface area contributed by atoms with Gasteiger partial charge < -0.3 is 5.11 Å². The lowest BCUT2D eigenvalue weighted by atomic mass is 10.1. The summed E-state index contributed by atoms with van der Waals surface area (Å²) in [5.74, 6) is 0. The van der Waals surface area contributed by atoms with Gasteiger partial charge in [-0.3, -0.25) is 0 Å². The predicted octanol–water partition coefficient (Wildman–Crippen LogP) is 3.70. The van der Waals surface area contributed by atoms with E-state index in [2.05, 4.69) is 50.7 Å². The molecule has 3 heteroatoms. The van der Waals surface area contributed by atoms with Crippen molar-refractivity contribution in [2.45, 2.75) is 6.61 Å². The van der Waals surface area contributed by atoms with Crippen LogP contribution in [0.25, 0.3) is 10.8 Å². The zero-order chi connectivity index (χ0) is 10.1. The fourth-order valence-electron chi connectivity index (χ4n) is 1.41. The summed E-state index contributed by atoms with van der Waals surface area (Å²) in [5.41, 5.74) is 0.950. The Bertz CT molecular complexity index is 482. The molecule has 72 valence electrons. The maximum atomic E-state index is 9.01. The van der Waals surface area contributed by atoms with Crippen LogP contribution in [0.4, 0.5) is 0 Å². The minimum atomic E-state index is 0.0968. The SMILES string of the molecule is OCc1ccc2c(Br)c(I)ccc2c1. The number of rotatable bonds is 1. The van der Waals surface area contributed by atoms with Crippen LogP contribution in [-0.4, -0.2) is 5.11 Å². The Morgan fingerprint density at radius 3 is 2.71 bits per heavy atom. The van der Waals surface area contributed by atoms with Gasteiger partial charge in [0.2, 0.25) is 0 Å². The summed E-state index contributed by atoms with van der Waals surface area (Å²) in [5, 5.41) is 11.4. The first-order valence-electron chi connectivity index (χ1n) is 4.20. The quantitative estimate of drug-likeness (QED) is 0.767. The fraction of sp³-hybridized carbons (Fsp3) is 0.0909. The van der Waals surface area contributed by atoms with Crippen molar-refractivity contribution in [3.63, 3.8) is 0 Å². The number of benzene rings is 2. The van der Waals surface area contributed by atoms with Gasteiger partial charge in [0.25, 0.3) is 0 Å². The molecular formula is C11H8BrIO. The molecule has 0 fully saturated rings. The summed E-state index contributed by atoms with van der Waals surface area (Å²) in [4.78, 5) is 0. The van der Waals surface area contributed by atoms with E-state index in [1.165, 1.54) is 8.96 Å². The van der Waals surface area contributed by atoms with E-state index in [4.69, 9.17) is 5.11 Å². The summed E-state index contributed by atoms with van der Waals surface area (Å²) in [6.07, 6.45) is 0. The van der Waals surface area contributed by atoms with Crippen molar-refractivity contribution >= 4 is 49.3 Å². The number of aliphatic hydroxyl groups excluding tert-OH is 1. The second-order valence-corrected chi connectivity index (χ2v) is 5.03. The number of halogens is 2. The highest BCUT2D eigenvalue weighted by Gasteiger charge is 2.02. The van der Waals surface area contributed by atoms with E-state index in [1.54, 1.807) is 0 Å². The van der Waals surface area contributed by atoms with Gasteiger partial charge in [-0.1, -0.05) is 18.2 Å². The van der Waals surface area contributed by atoms with Crippen LogP contribution < -0.4 is 0 Å². The molecule has 14 heavy (non-hydrogen) atoms. The number of fused-ring (bicyclic) bond motifs is 1. The smallest absolute Gasteiger partial charge is 0.0682 e. The van der Waals surface area contributed by atoms with Gasteiger partial charge in [-0.25, -0.2) is 0 Å². The number of hydrogen-bond acceptors (Lipinski definition) is 1.